The molecule has 0 saturated heterocycles. The number of carbonyl (C=O) groups is 2. The van der Waals surface area contributed by atoms with Gasteiger partial charge in [-0.15, -0.1) is 10.2 Å². The van der Waals surface area contributed by atoms with Gasteiger partial charge < -0.3 is 10.2 Å². The molecule has 1 aliphatic heterocycles. The van der Waals surface area contributed by atoms with Crippen LogP contribution in [-0.4, -0.2) is 43.4 Å². The maximum absolute atomic E-state index is 13.3. The van der Waals surface area contributed by atoms with Crippen LogP contribution in [0.5, 0.6) is 0 Å². The summed E-state index contributed by atoms with van der Waals surface area (Å²) in [6, 6.07) is 11.4. The number of aromatic nitrogens is 4. The van der Waals surface area contributed by atoms with E-state index in [0.717, 1.165) is 35.1 Å². The number of amides is 2. The molecule has 2 amide bonds. The van der Waals surface area contributed by atoms with E-state index >= 15 is 0 Å². The molecule has 3 heterocycles. The van der Waals surface area contributed by atoms with Gasteiger partial charge in [0, 0.05) is 36.5 Å². The first kappa shape index (κ1) is 19.7. The van der Waals surface area contributed by atoms with Gasteiger partial charge in [0.05, 0.1) is 17.1 Å². The molecule has 0 bridgehead atoms. The van der Waals surface area contributed by atoms with Crippen molar-refractivity contribution in [1.29, 1.82) is 0 Å². The maximum atomic E-state index is 13.3. The molecule has 31 heavy (non-hydrogen) atoms. The zero-order valence-corrected chi connectivity index (χ0v) is 17.9. The second-order valence-corrected chi connectivity index (χ2v) is 8.76. The van der Waals surface area contributed by atoms with Crippen molar-refractivity contribution in [3.8, 4) is 11.4 Å². The first-order chi connectivity index (χ1) is 15.1. The Hall–Kier alpha value is -3.20. The van der Waals surface area contributed by atoms with E-state index in [9.17, 15) is 9.59 Å². The number of para-hydroxylation sites is 2. The van der Waals surface area contributed by atoms with Gasteiger partial charge >= 0.3 is 0 Å². The number of nitrogens with zero attached hydrogens (tertiary/aromatic N) is 5. The Morgan fingerprint density at radius 1 is 1.16 bits per heavy atom. The maximum Gasteiger partial charge on any atom is 0.237 e. The van der Waals surface area contributed by atoms with E-state index in [0.29, 0.717) is 11.7 Å². The summed E-state index contributed by atoms with van der Waals surface area (Å²) in [7, 11) is 0. The van der Waals surface area contributed by atoms with Crippen molar-refractivity contribution in [3.63, 3.8) is 0 Å². The monoisotopic (exact) mass is 434 g/mol. The number of anilines is 2. The Morgan fingerprint density at radius 3 is 2.71 bits per heavy atom. The lowest BCUT2D eigenvalue weighted by atomic mass is 10.2. The van der Waals surface area contributed by atoms with Crippen molar-refractivity contribution in [2.75, 3.05) is 16.0 Å². The fourth-order valence-corrected chi connectivity index (χ4v) is 4.76. The summed E-state index contributed by atoms with van der Waals surface area (Å²) in [5, 5.41) is 12.4. The second kappa shape index (κ2) is 8.14. The van der Waals surface area contributed by atoms with Crippen LogP contribution in [0.3, 0.4) is 0 Å². The zero-order valence-electron chi connectivity index (χ0n) is 17.1. The lowest BCUT2D eigenvalue weighted by Crippen LogP contribution is -2.40. The molecule has 8 nitrogen and oxygen atoms in total. The first-order valence-corrected chi connectivity index (χ1v) is 11.3. The Bertz CT molecular complexity index is 1130. The van der Waals surface area contributed by atoms with Crippen LogP contribution in [0, 0.1) is 0 Å². The van der Waals surface area contributed by atoms with Crippen LogP contribution < -0.4 is 10.2 Å². The molecule has 1 fully saturated rings. The zero-order chi connectivity index (χ0) is 21.4. The molecule has 158 valence electrons. The van der Waals surface area contributed by atoms with Gasteiger partial charge in [0.25, 0.3) is 0 Å². The van der Waals surface area contributed by atoms with Gasteiger partial charge in [0.1, 0.15) is 0 Å². The number of rotatable bonds is 5. The number of hydrogen-bond donors (Lipinski definition) is 1. The lowest BCUT2D eigenvalue weighted by molar-refractivity contribution is -0.117. The van der Waals surface area contributed by atoms with Gasteiger partial charge in [-0.2, -0.15) is 0 Å². The number of nitrogens with one attached hydrogen (secondary N) is 1. The van der Waals surface area contributed by atoms with Crippen LogP contribution in [0.15, 0.2) is 53.9 Å². The fourth-order valence-electron chi connectivity index (χ4n) is 3.90. The second-order valence-electron chi connectivity index (χ2n) is 7.81. The Balaban J connectivity index is 1.39. The van der Waals surface area contributed by atoms with E-state index in [4.69, 9.17) is 0 Å². The molecule has 1 aliphatic carbocycles. The molecule has 1 atom stereocenters. The average molecular weight is 435 g/mol. The highest BCUT2D eigenvalue weighted by molar-refractivity contribution is 7.99. The molecule has 2 aromatic heterocycles. The van der Waals surface area contributed by atoms with Gasteiger partial charge in [-0.05, 0) is 44.0 Å². The smallest absolute Gasteiger partial charge is 0.237 e. The fraction of sp³-hybridized carbons (Fsp3) is 0.318. The van der Waals surface area contributed by atoms with Gasteiger partial charge in [-0.25, -0.2) is 0 Å². The molecule has 3 aromatic rings. The topological polar surface area (TPSA) is 93.0 Å². The van der Waals surface area contributed by atoms with Crippen LogP contribution >= 0.6 is 11.8 Å². The average Bonchev–Trinajstić information content (AvgIpc) is 3.54. The summed E-state index contributed by atoms with van der Waals surface area (Å²) in [5.41, 5.74) is 2.36. The summed E-state index contributed by atoms with van der Waals surface area (Å²) in [6.45, 7) is 1.90. The van der Waals surface area contributed by atoms with Crippen molar-refractivity contribution >= 4 is 35.0 Å². The third-order valence-corrected chi connectivity index (χ3v) is 6.40. The molecular formula is C22H22N6O2S. The van der Waals surface area contributed by atoms with Gasteiger partial charge in [0.15, 0.2) is 11.0 Å². The molecular weight excluding hydrogens is 412 g/mol. The van der Waals surface area contributed by atoms with E-state index < -0.39 is 0 Å². The van der Waals surface area contributed by atoms with E-state index in [1.165, 1.54) is 11.8 Å². The molecule has 1 saturated carbocycles. The third-order valence-electron chi connectivity index (χ3n) is 5.47. The van der Waals surface area contributed by atoms with E-state index in [-0.39, 0.29) is 30.0 Å². The molecule has 2 aliphatic rings. The minimum absolute atomic E-state index is 0.0581. The van der Waals surface area contributed by atoms with Crippen molar-refractivity contribution in [3.05, 3.63) is 48.8 Å². The molecule has 0 spiro atoms. The third kappa shape index (κ3) is 3.93. The molecule has 1 aromatic carbocycles. The van der Waals surface area contributed by atoms with Crippen LogP contribution in [0.1, 0.15) is 32.2 Å². The standard InChI is InChI=1S/C22H22N6O2S/c1-14-12-19(29)24-17-4-2-3-5-18(17)27(14)20(30)13-31-22-26-25-21(28(22)16-6-7-16)15-8-10-23-11-9-15/h2-5,8-11,14,16H,6-7,12-13H2,1H3,(H,24,29). The van der Waals surface area contributed by atoms with Gasteiger partial charge in [0.2, 0.25) is 11.8 Å². The predicted molar refractivity (Wildman–Crippen MR) is 119 cm³/mol. The number of hydrogen-bond acceptors (Lipinski definition) is 6. The Morgan fingerprint density at radius 2 is 1.94 bits per heavy atom. The number of thioether (sulfide) groups is 1. The number of pyridine rings is 1. The Labute approximate surface area is 184 Å². The summed E-state index contributed by atoms with van der Waals surface area (Å²) in [6.07, 6.45) is 5.91. The molecule has 9 heteroatoms. The van der Waals surface area contributed by atoms with Gasteiger partial charge in [-0.3, -0.25) is 19.1 Å². The van der Waals surface area contributed by atoms with Crippen LogP contribution in [0.2, 0.25) is 0 Å². The normalized spacial score (nSPS) is 18.3. The quantitative estimate of drug-likeness (QED) is 0.618. The molecule has 1 unspecified atom stereocenters. The number of carbonyl (C=O) groups excluding carboxylic acids is 2. The van der Waals surface area contributed by atoms with Crippen LogP contribution in [0.25, 0.3) is 11.4 Å². The minimum Gasteiger partial charge on any atom is -0.324 e. The van der Waals surface area contributed by atoms with Crippen molar-refractivity contribution < 1.29 is 9.59 Å². The van der Waals surface area contributed by atoms with Crippen molar-refractivity contribution in [1.82, 2.24) is 19.7 Å². The first-order valence-electron chi connectivity index (χ1n) is 10.3. The minimum atomic E-state index is -0.231. The van der Waals surface area contributed by atoms with E-state index in [1.807, 2.05) is 43.3 Å². The highest BCUT2D eigenvalue weighted by Gasteiger charge is 2.32. The number of benzene rings is 1. The van der Waals surface area contributed by atoms with Crippen LogP contribution in [-0.2, 0) is 9.59 Å². The highest BCUT2D eigenvalue weighted by atomic mass is 32.2. The SMILES string of the molecule is CC1CC(=O)Nc2ccccc2N1C(=O)CSc1nnc(-c2ccncc2)n1C1CC1. The van der Waals surface area contributed by atoms with E-state index in [1.54, 1.807) is 17.3 Å². The summed E-state index contributed by atoms with van der Waals surface area (Å²) >= 11 is 1.39. The lowest BCUT2D eigenvalue weighted by Gasteiger charge is -2.27. The highest BCUT2D eigenvalue weighted by Crippen LogP contribution is 2.41. The molecule has 0 radical (unpaired) electrons. The molecule has 5 rings (SSSR count). The van der Waals surface area contributed by atoms with Crippen molar-refractivity contribution in [2.24, 2.45) is 0 Å². The Kier molecular flexibility index (Phi) is 5.19. The summed E-state index contributed by atoms with van der Waals surface area (Å²) in [4.78, 5) is 31.3. The summed E-state index contributed by atoms with van der Waals surface area (Å²) in [5.74, 6) is 0.882. The van der Waals surface area contributed by atoms with Crippen LogP contribution in [0.4, 0.5) is 11.4 Å². The predicted octanol–water partition coefficient (Wildman–Crippen LogP) is 3.53. The van der Waals surface area contributed by atoms with Gasteiger partial charge in [-0.1, -0.05) is 23.9 Å². The van der Waals surface area contributed by atoms with E-state index in [2.05, 4.69) is 25.1 Å². The molecule has 1 N–H and O–H groups in total. The number of fused-ring (bicyclic) bond motifs is 1. The van der Waals surface area contributed by atoms with Crippen molar-refractivity contribution in [2.45, 2.75) is 43.4 Å². The largest absolute Gasteiger partial charge is 0.324 e. The summed E-state index contributed by atoms with van der Waals surface area (Å²) < 4.78 is 2.14.